The summed E-state index contributed by atoms with van der Waals surface area (Å²) in [5.41, 5.74) is 0.985. The molecule has 0 aliphatic heterocycles. The molecule has 5 heteroatoms. The molecule has 23 heavy (non-hydrogen) atoms. The highest BCUT2D eigenvalue weighted by atomic mass is 35.5. The minimum atomic E-state index is -0.0112. The first-order chi connectivity index (χ1) is 11.2. The topological polar surface area (TPSA) is 42.0 Å². The van der Waals surface area contributed by atoms with Crippen LogP contribution in [0.5, 0.6) is 0 Å². The van der Waals surface area contributed by atoms with Crippen molar-refractivity contribution in [1.82, 2.24) is 10.3 Å². The summed E-state index contributed by atoms with van der Waals surface area (Å²) in [7, 11) is 0. The van der Waals surface area contributed by atoms with Crippen molar-refractivity contribution >= 4 is 40.0 Å². The summed E-state index contributed by atoms with van der Waals surface area (Å²) < 4.78 is 0. The zero-order valence-electron chi connectivity index (χ0n) is 12.3. The van der Waals surface area contributed by atoms with E-state index in [9.17, 15) is 4.79 Å². The molecule has 0 saturated heterocycles. The van der Waals surface area contributed by atoms with Gasteiger partial charge in [-0.2, -0.15) is 0 Å². The number of halogens is 1. The Morgan fingerprint density at radius 3 is 2.74 bits per heavy atom. The Morgan fingerprint density at radius 2 is 1.96 bits per heavy atom. The maximum Gasteiger partial charge on any atom is 0.230 e. The maximum absolute atomic E-state index is 12.0. The molecule has 0 spiro atoms. The van der Waals surface area contributed by atoms with E-state index in [1.165, 1.54) is 11.8 Å². The number of aromatic nitrogens is 1. The van der Waals surface area contributed by atoms with Crippen molar-refractivity contribution in [1.29, 1.82) is 0 Å². The van der Waals surface area contributed by atoms with Gasteiger partial charge in [-0.05, 0) is 29.1 Å². The Bertz CT molecular complexity index is 818. The summed E-state index contributed by atoms with van der Waals surface area (Å²) in [6, 6.07) is 15.6. The second kappa shape index (κ2) is 7.49. The lowest BCUT2D eigenvalue weighted by atomic mass is 10.1. The number of amides is 1. The summed E-state index contributed by atoms with van der Waals surface area (Å²) in [6.45, 7) is 0.490. The molecule has 2 aromatic carbocycles. The minimum absolute atomic E-state index is 0.0112. The van der Waals surface area contributed by atoms with Crippen LogP contribution < -0.4 is 5.32 Å². The third-order valence-electron chi connectivity index (χ3n) is 3.39. The number of fused-ring (bicyclic) bond motifs is 1. The van der Waals surface area contributed by atoms with Crippen LogP contribution in [0.25, 0.3) is 10.8 Å². The van der Waals surface area contributed by atoms with E-state index < -0.39 is 0 Å². The Labute approximate surface area is 144 Å². The number of nitrogens with zero attached hydrogens (tertiary/aromatic N) is 1. The molecule has 0 unspecified atom stereocenters. The predicted octanol–water partition coefficient (Wildman–Crippen LogP) is 4.30. The van der Waals surface area contributed by atoms with Crippen LogP contribution in [0.1, 0.15) is 5.56 Å². The van der Waals surface area contributed by atoms with Gasteiger partial charge >= 0.3 is 0 Å². The molecule has 0 fully saturated rings. The van der Waals surface area contributed by atoms with Crippen LogP contribution in [-0.2, 0) is 11.3 Å². The van der Waals surface area contributed by atoms with Crippen molar-refractivity contribution in [2.75, 3.05) is 5.75 Å². The van der Waals surface area contributed by atoms with Gasteiger partial charge in [0.1, 0.15) is 0 Å². The Kier molecular flexibility index (Phi) is 5.16. The van der Waals surface area contributed by atoms with Crippen molar-refractivity contribution < 1.29 is 4.79 Å². The van der Waals surface area contributed by atoms with Gasteiger partial charge in [0, 0.05) is 34.2 Å². The Balaban J connectivity index is 1.63. The molecule has 3 aromatic rings. The fraction of sp³-hybridized carbons (Fsp3) is 0.111. The van der Waals surface area contributed by atoms with Crippen molar-refractivity contribution in [3.05, 3.63) is 71.5 Å². The van der Waals surface area contributed by atoms with E-state index in [1.54, 1.807) is 12.4 Å². The number of nitrogens with one attached hydrogen (secondary N) is 1. The van der Waals surface area contributed by atoms with E-state index in [1.807, 2.05) is 48.5 Å². The average Bonchev–Trinajstić information content (AvgIpc) is 2.59. The van der Waals surface area contributed by atoms with Crippen LogP contribution in [0.2, 0.25) is 5.02 Å². The first-order valence-corrected chi connectivity index (χ1v) is 8.56. The van der Waals surface area contributed by atoms with Crippen molar-refractivity contribution in [2.24, 2.45) is 0 Å². The van der Waals surface area contributed by atoms with Crippen molar-refractivity contribution in [3.8, 4) is 0 Å². The number of rotatable bonds is 5. The number of carbonyl (C=O) groups is 1. The number of pyridine rings is 1. The van der Waals surface area contributed by atoms with Crippen LogP contribution >= 0.6 is 23.4 Å². The molecule has 1 heterocycles. The molecule has 1 N–H and O–H groups in total. The Morgan fingerprint density at radius 1 is 1.13 bits per heavy atom. The van der Waals surface area contributed by atoms with Crippen LogP contribution in [0.3, 0.4) is 0 Å². The van der Waals surface area contributed by atoms with Crippen molar-refractivity contribution in [2.45, 2.75) is 11.4 Å². The van der Waals surface area contributed by atoms with Gasteiger partial charge in [-0.3, -0.25) is 9.78 Å². The highest BCUT2D eigenvalue weighted by Gasteiger charge is 2.08. The zero-order valence-corrected chi connectivity index (χ0v) is 13.9. The number of benzene rings is 2. The summed E-state index contributed by atoms with van der Waals surface area (Å²) in [5.74, 6) is 0.341. The van der Waals surface area contributed by atoms with E-state index in [-0.39, 0.29) is 5.91 Å². The predicted molar refractivity (Wildman–Crippen MR) is 95.8 cm³/mol. The molecule has 0 bridgehead atoms. The Hall–Kier alpha value is -2.04. The number of hydrogen-bond acceptors (Lipinski definition) is 3. The highest BCUT2D eigenvalue weighted by Crippen LogP contribution is 2.32. The highest BCUT2D eigenvalue weighted by molar-refractivity contribution is 8.00. The zero-order chi connectivity index (χ0) is 16.1. The molecular weight excluding hydrogens is 328 g/mol. The molecule has 0 saturated carbocycles. The second-order valence-electron chi connectivity index (χ2n) is 5.02. The smallest absolute Gasteiger partial charge is 0.230 e. The standard InChI is InChI=1S/C18H15ClN2OS/c19-15-7-1-5-14-6-2-8-16(18(14)15)23-12-17(22)21-11-13-4-3-9-20-10-13/h1-10H,11-12H2,(H,21,22). The molecule has 3 nitrogen and oxygen atoms in total. The second-order valence-corrected chi connectivity index (χ2v) is 6.45. The molecule has 116 valence electrons. The normalized spacial score (nSPS) is 10.7. The average molecular weight is 343 g/mol. The SMILES string of the molecule is O=C(CSc1cccc2cccc(Cl)c12)NCc1cccnc1. The van der Waals surface area contributed by atoms with Crippen LogP contribution in [0, 0.1) is 0 Å². The van der Waals surface area contributed by atoms with E-state index in [0.29, 0.717) is 17.3 Å². The van der Waals surface area contributed by atoms with E-state index in [2.05, 4.69) is 10.3 Å². The quantitative estimate of drug-likeness (QED) is 0.703. The summed E-state index contributed by atoms with van der Waals surface area (Å²) >= 11 is 7.79. The molecule has 0 atom stereocenters. The fourth-order valence-electron chi connectivity index (χ4n) is 2.28. The van der Waals surface area contributed by atoms with Gasteiger partial charge < -0.3 is 5.32 Å². The summed E-state index contributed by atoms with van der Waals surface area (Å²) in [4.78, 5) is 17.1. The van der Waals surface area contributed by atoms with E-state index in [0.717, 1.165) is 21.2 Å². The minimum Gasteiger partial charge on any atom is -0.351 e. The molecule has 1 amide bonds. The lowest BCUT2D eigenvalue weighted by molar-refractivity contribution is -0.118. The van der Waals surface area contributed by atoms with Gasteiger partial charge in [0.15, 0.2) is 0 Å². The van der Waals surface area contributed by atoms with Crippen LogP contribution in [-0.4, -0.2) is 16.6 Å². The van der Waals surface area contributed by atoms with Crippen LogP contribution in [0.15, 0.2) is 65.8 Å². The number of carbonyl (C=O) groups excluding carboxylic acids is 1. The molecule has 0 aliphatic carbocycles. The third kappa shape index (κ3) is 4.03. The number of thioether (sulfide) groups is 1. The fourth-order valence-corrected chi connectivity index (χ4v) is 3.56. The monoisotopic (exact) mass is 342 g/mol. The first-order valence-electron chi connectivity index (χ1n) is 7.20. The molecule has 0 aliphatic rings. The lowest BCUT2D eigenvalue weighted by Gasteiger charge is -2.08. The van der Waals surface area contributed by atoms with Gasteiger partial charge in [0.05, 0.1) is 5.75 Å². The lowest BCUT2D eigenvalue weighted by Crippen LogP contribution is -2.24. The summed E-state index contributed by atoms with van der Waals surface area (Å²) in [6.07, 6.45) is 3.46. The van der Waals surface area contributed by atoms with Gasteiger partial charge in [0.2, 0.25) is 5.91 Å². The molecule has 0 radical (unpaired) electrons. The van der Waals surface area contributed by atoms with Gasteiger partial charge in [-0.1, -0.05) is 41.9 Å². The molecular formula is C18H15ClN2OS. The van der Waals surface area contributed by atoms with Crippen LogP contribution in [0.4, 0.5) is 0 Å². The van der Waals surface area contributed by atoms with Gasteiger partial charge in [-0.25, -0.2) is 0 Å². The summed E-state index contributed by atoms with van der Waals surface area (Å²) in [5, 5.41) is 5.69. The molecule has 1 aromatic heterocycles. The third-order valence-corrected chi connectivity index (χ3v) is 4.76. The largest absolute Gasteiger partial charge is 0.351 e. The van der Waals surface area contributed by atoms with E-state index >= 15 is 0 Å². The number of hydrogen-bond donors (Lipinski definition) is 1. The first kappa shape index (κ1) is 15.8. The van der Waals surface area contributed by atoms with E-state index in [4.69, 9.17) is 11.6 Å². The van der Waals surface area contributed by atoms with Crippen molar-refractivity contribution in [3.63, 3.8) is 0 Å². The molecule has 3 rings (SSSR count). The van der Waals surface area contributed by atoms with Gasteiger partial charge in [0.25, 0.3) is 0 Å². The maximum atomic E-state index is 12.0. The van der Waals surface area contributed by atoms with Gasteiger partial charge in [-0.15, -0.1) is 11.8 Å².